The lowest BCUT2D eigenvalue weighted by atomic mass is 10.1. The Bertz CT molecular complexity index is 966. The molecule has 0 radical (unpaired) electrons. The molecule has 8 heteroatoms. The third-order valence-corrected chi connectivity index (χ3v) is 4.34. The first-order valence-corrected chi connectivity index (χ1v) is 7.74. The van der Waals surface area contributed by atoms with Gasteiger partial charge in [0.15, 0.2) is 5.13 Å². The quantitative estimate of drug-likeness (QED) is 0.750. The molecule has 0 spiro atoms. The molecule has 4 heterocycles. The van der Waals surface area contributed by atoms with Crippen molar-refractivity contribution in [1.82, 2.24) is 20.3 Å². The molecule has 1 aliphatic rings. The molecular formula is C15H11N5O2S. The van der Waals surface area contributed by atoms with E-state index in [-0.39, 0.29) is 11.8 Å². The van der Waals surface area contributed by atoms with Gasteiger partial charge in [-0.2, -0.15) is 0 Å². The first-order valence-electron chi connectivity index (χ1n) is 6.93. The molecule has 2 N–H and O–H groups in total. The maximum Gasteiger partial charge on any atom is 0.270 e. The van der Waals surface area contributed by atoms with Gasteiger partial charge in [0.25, 0.3) is 5.91 Å². The SMILES string of the molecule is CC(=O)Nc1nc2ccc(-c3cnc4c(c3)CNC4=O)nc2s1. The largest absolute Gasteiger partial charge is 0.347 e. The van der Waals surface area contributed by atoms with Crippen molar-refractivity contribution in [3.05, 3.63) is 35.7 Å². The average Bonchev–Trinajstić information content (AvgIpc) is 3.08. The minimum absolute atomic E-state index is 0.141. The van der Waals surface area contributed by atoms with Gasteiger partial charge in [-0.25, -0.2) is 9.97 Å². The Labute approximate surface area is 134 Å². The molecule has 0 aromatic carbocycles. The number of thiazole rings is 1. The van der Waals surface area contributed by atoms with Crippen LogP contribution >= 0.6 is 11.3 Å². The fraction of sp³-hybridized carbons (Fsp3) is 0.133. The summed E-state index contributed by atoms with van der Waals surface area (Å²) in [5, 5.41) is 5.93. The lowest BCUT2D eigenvalue weighted by Crippen LogP contribution is -2.13. The van der Waals surface area contributed by atoms with E-state index in [0.717, 1.165) is 27.2 Å². The number of nitrogens with zero attached hydrogens (tertiary/aromatic N) is 3. The van der Waals surface area contributed by atoms with E-state index in [1.807, 2.05) is 18.2 Å². The molecule has 0 saturated heterocycles. The van der Waals surface area contributed by atoms with Crippen LogP contribution in [0.15, 0.2) is 24.4 Å². The highest BCUT2D eigenvalue weighted by molar-refractivity contribution is 7.21. The van der Waals surface area contributed by atoms with Gasteiger partial charge < -0.3 is 10.6 Å². The molecule has 0 atom stereocenters. The molecule has 2 amide bonds. The summed E-state index contributed by atoms with van der Waals surface area (Å²) in [5.41, 5.74) is 3.67. The van der Waals surface area contributed by atoms with Crippen LogP contribution in [0.1, 0.15) is 23.0 Å². The maximum absolute atomic E-state index is 11.5. The summed E-state index contributed by atoms with van der Waals surface area (Å²) >= 11 is 1.32. The number of pyridine rings is 2. The third-order valence-electron chi connectivity index (χ3n) is 3.46. The first kappa shape index (κ1) is 13.8. The molecule has 3 aromatic heterocycles. The van der Waals surface area contributed by atoms with Crippen molar-refractivity contribution in [3.63, 3.8) is 0 Å². The number of fused-ring (bicyclic) bond motifs is 2. The van der Waals surface area contributed by atoms with E-state index in [1.54, 1.807) is 6.20 Å². The standard InChI is InChI=1S/C15H11N5O2S/c1-7(21)18-15-20-11-3-2-10(19-14(11)23-15)8-4-9-6-17-13(22)12(9)16-5-8/h2-5H,6H2,1H3,(H,17,22)(H,18,20,21). The number of nitrogens with one attached hydrogen (secondary N) is 2. The highest BCUT2D eigenvalue weighted by Gasteiger charge is 2.21. The van der Waals surface area contributed by atoms with Crippen molar-refractivity contribution >= 4 is 38.6 Å². The number of carbonyl (C=O) groups excluding carboxylic acids is 2. The van der Waals surface area contributed by atoms with E-state index in [9.17, 15) is 9.59 Å². The zero-order chi connectivity index (χ0) is 16.0. The predicted octanol–water partition coefficient (Wildman–Crippen LogP) is 1.96. The van der Waals surface area contributed by atoms with Gasteiger partial charge in [0.05, 0.1) is 5.69 Å². The van der Waals surface area contributed by atoms with Crippen molar-refractivity contribution in [2.45, 2.75) is 13.5 Å². The average molecular weight is 325 g/mol. The summed E-state index contributed by atoms with van der Waals surface area (Å²) in [7, 11) is 0. The number of amides is 2. The predicted molar refractivity (Wildman–Crippen MR) is 86.1 cm³/mol. The van der Waals surface area contributed by atoms with Crippen molar-refractivity contribution in [1.29, 1.82) is 0 Å². The number of anilines is 1. The van der Waals surface area contributed by atoms with Crippen LogP contribution in [0.2, 0.25) is 0 Å². The van der Waals surface area contributed by atoms with Gasteiger partial charge in [0.2, 0.25) is 5.91 Å². The van der Waals surface area contributed by atoms with Crippen molar-refractivity contribution in [2.24, 2.45) is 0 Å². The van der Waals surface area contributed by atoms with Gasteiger partial charge >= 0.3 is 0 Å². The Morgan fingerprint density at radius 1 is 1.35 bits per heavy atom. The lowest BCUT2D eigenvalue weighted by Gasteiger charge is -2.02. The lowest BCUT2D eigenvalue weighted by molar-refractivity contribution is -0.114. The van der Waals surface area contributed by atoms with E-state index >= 15 is 0 Å². The Kier molecular flexibility index (Phi) is 3.05. The fourth-order valence-electron chi connectivity index (χ4n) is 2.43. The van der Waals surface area contributed by atoms with Crippen molar-refractivity contribution in [3.8, 4) is 11.3 Å². The smallest absolute Gasteiger partial charge is 0.270 e. The van der Waals surface area contributed by atoms with Crippen LogP contribution < -0.4 is 10.6 Å². The molecule has 0 aliphatic carbocycles. The van der Waals surface area contributed by atoms with Crippen LogP contribution in [-0.2, 0) is 11.3 Å². The van der Waals surface area contributed by atoms with Gasteiger partial charge in [-0.3, -0.25) is 14.6 Å². The highest BCUT2D eigenvalue weighted by atomic mass is 32.1. The van der Waals surface area contributed by atoms with Crippen LogP contribution in [0.25, 0.3) is 21.6 Å². The maximum atomic E-state index is 11.5. The normalized spacial score (nSPS) is 13.0. The second-order valence-corrected chi connectivity index (χ2v) is 6.11. The van der Waals surface area contributed by atoms with Crippen LogP contribution in [-0.4, -0.2) is 26.8 Å². The molecule has 23 heavy (non-hydrogen) atoms. The number of rotatable bonds is 2. The first-order chi connectivity index (χ1) is 11.1. The summed E-state index contributed by atoms with van der Waals surface area (Å²) in [4.78, 5) is 36.5. The van der Waals surface area contributed by atoms with Gasteiger partial charge in [-0.1, -0.05) is 11.3 Å². The molecule has 0 saturated carbocycles. The Hall–Kier alpha value is -2.87. The number of carbonyl (C=O) groups is 2. The van der Waals surface area contributed by atoms with Crippen molar-refractivity contribution in [2.75, 3.05) is 5.32 Å². The molecule has 0 unspecified atom stereocenters. The molecule has 0 fully saturated rings. The molecule has 3 aromatic rings. The van der Waals surface area contributed by atoms with Crippen LogP contribution in [0.4, 0.5) is 5.13 Å². The minimum Gasteiger partial charge on any atom is -0.347 e. The topological polar surface area (TPSA) is 96.9 Å². The molecule has 0 bridgehead atoms. The summed E-state index contributed by atoms with van der Waals surface area (Å²) in [6, 6.07) is 5.63. The molecule has 114 valence electrons. The van der Waals surface area contributed by atoms with E-state index in [4.69, 9.17) is 0 Å². The molecule has 7 nitrogen and oxygen atoms in total. The minimum atomic E-state index is -0.163. The summed E-state index contributed by atoms with van der Waals surface area (Å²) in [6.45, 7) is 1.93. The Morgan fingerprint density at radius 3 is 3.04 bits per heavy atom. The fourth-order valence-corrected chi connectivity index (χ4v) is 3.31. The van der Waals surface area contributed by atoms with Crippen molar-refractivity contribution < 1.29 is 9.59 Å². The molecule has 4 rings (SSSR count). The van der Waals surface area contributed by atoms with E-state index in [1.165, 1.54) is 18.3 Å². The second-order valence-electron chi connectivity index (χ2n) is 5.14. The molecule has 1 aliphatic heterocycles. The van der Waals surface area contributed by atoms with Crippen LogP contribution in [0.5, 0.6) is 0 Å². The summed E-state index contributed by atoms with van der Waals surface area (Å²) < 4.78 is 0. The summed E-state index contributed by atoms with van der Waals surface area (Å²) in [6.07, 6.45) is 1.65. The second kappa shape index (κ2) is 5.10. The monoisotopic (exact) mass is 325 g/mol. The van der Waals surface area contributed by atoms with Crippen LogP contribution in [0, 0.1) is 0 Å². The van der Waals surface area contributed by atoms with E-state index < -0.39 is 0 Å². The Morgan fingerprint density at radius 2 is 2.22 bits per heavy atom. The van der Waals surface area contributed by atoms with Gasteiger partial charge in [-0.05, 0) is 18.2 Å². The van der Waals surface area contributed by atoms with E-state index in [2.05, 4.69) is 25.6 Å². The zero-order valence-corrected chi connectivity index (χ0v) is 12.9. The van der Waals surface area contributed by atoms with Gasteiger partial charge in [0, 0.05) is 30.8 Å². The third kappa shape index (κ3) is 2.42. The van der Waals surface area contributed by atoms with Gasteiger partial charge in [0.1, 0.15) is 16.0 Å². The van der Waals surface area contributed by atoms with Gasteiger partial charge in [-0.15, -0.1) is 0 Å². The molecular weight excluding hydrogens is 314 g/mol. The van der Waals surface area contributed by atoms with Crippen LogP contribution in [0.3, 0.4) is 0 Å². The zero-order valence-electron chi connectivity index (χ0n) is 12.1. The number of aromatic nitrogens is 3. The Balaban J connectivity index is 1.74. The summed E-state index contributed by atoms with van der Waals surface area (Å²) in [5.74, 6) is -0.304. The number of hydrogen-bond donors (Lipinski definition) is 2. The number of hydrogen-bond acceptors (Lipinski definition) is 6. The van der Waals surface area contributed by atoms with E-state index in [0.29, 0.717) is 17.4 Å². The highest BCUT2D eigenvalue weighted by Crippen LogP contribution is 2.28.